The van der Waals surface area contributed by atoms with Gasteiger partial charge in [0.15, 0.2) is 6.10 Å². The first-order valence-corrected chi connectivity index (χ1v) is 8.42. The molecular weight excluding hydrogens is 364 g/mol. The van der Waals surface area contributed by atoms with Gasteiger partial charge in [-0.05, 0) is 42.3 Å². The zero-order valence-corrected chi connectivity index (χ0v) is 15.6. The van der Waals surface area contributed by atoms with Gasteiger partial charge in [-0.3, -0.25) is 14.9 Å². The number of amides is 3. The molecule has 3 amide bonds. The van der Waals surface area contributed by atoms with Crippen LogP contribution in [0.5, 0.6) is 5.75 Å². The van der Waals surface area contributed by atoms with Crippen LogP contribution in [0, 0.1) is 0 Å². The monoisotopic (exact) mass is 384 g/mol. The zero-order chi connectivity index (χ0) is 20.7. The fourth-order valence-electron chi connectivity index (χ4n) is 2.24. The van der Waals surface area contributed by atoms with E-state index in [0.717, 1.165) is 11.1 Å². The molecule has 2 rings (SSSR count). The first-order valence-electron chi connectivity index (χ1n) is 8.42. The molecule has 0 unspecified atom stereocenters. The van der Waals surface area contributed by atoms with E-state index in [9.17, 15) is 19.2 Å². The number of urea groups is 1. The van der Waals surface area contributed by atoms with Gasteiger partial charge in [-0.2, -0.15) is 0 Å². The number of esters is 2. The Morgan fingerprint density at radius 1 is 0.893 bits per heavy atom. The van der Waals surface area contributed by atoms with Crippen molar-refractivity contribution in [1.29, 1.82) is 0 Å². The topological polar surface area (TPSA) is 111 Å². The van der Waals surface area contributed by atoms with Crippen molar-refractivity contribution in [3.8, 4) is 16.9 Å². The van der Waals surface area contributed by atoms with E-state index in [-0.39, 0.29) is 5.56 Å². The van der Waals surface area contributed by atoms with Crippen molar-refractivity contribution in [2.45, 2.75) is 20.0 Å². The van der Waals surface area contributed by atoms with Crippen LogP contribution in [0.25, 0.3) is 11.1 Å². The summed E-state index contributed by atoms with van der Waals surface area (Å²) in [4.78, 5) is 46.0. The minimum atomic E-state index is -1.13. The van der Waals surface area contributed by atoms with E-state index in [4.69, 9.17) is 9.47 Å². The van der Waals surface area contributed by atoms with Gasteiger partial charge in [-0.25, -0.2) is 9.59 Å². The third kappa shape index (κ3) is 5.66. The zero-order valence-electron chi connectivity index (χ0n) is 15.6. The quantitative estimate of drug-likeness (QED) is 0.604. The van der Waals surface area contributed by atoms with Crippen LogP contribution < -0.4 is 15.4 Å². The molecule has 2 N–H and O–H groups in total. The molecule has 0 aromatic heterocycles. The minimum absolute atomic E-state index is 0.264. The maximum Gasteiger partial charge on any atom is 0.338 e. The predicted octanol–water partition coefficient (Wildman–Crippen LogP) is 2.28. The fourth-order valence-corrected chi connectivity index (χ4v) is 2.24. The summed E-state index contributed by atoms with van der Waals surface area (Å²) in [6.07, 6.45) is -1.13. The van der Waals surface area contributed by atoms with E-state index in [0.29, 0.717) is 5.75 Å². The molecule has 1 atom stereocenters. The molecule has 0 aliphatic carbocycles. The van der Waals surface area contributed by atoms with Crippen LogP contribution in [0.4, 0.5) is 4.79 Å². The number of carbonyl (C=O) groups excluding carboxylic acids is 4. The average Bonchev–Trinajstić information content (AvgIpc) is 2.68. The van der Waals surface area contributed by atoms with Gasteiger partial charge in [0.25, 0.3) is 5.91 Å². The molecule has 146 valence electrons. The Hall–Kier alpha value is -3.68. The second kappa shape index (κ2) is 9.31. The number of rotatable bonds is 5. The van der Waals surface area contributed by atoms with Crippen LogP contribution in [-0.4, -0.2) is 37.0 Å². The van der Waals surface area contributed by atoms with Crippen molar-refractivity contribution in [2.24, 2.45) is 0 Å². The molecule has 0 heterocycles. The van der Waals surface area contributed by atoms with Gasteiger partial charge in [0, 0.05) is 14.0 Å². The lowest BCUT2D eigenvalue weighted by Gasteiger charge is -2.13. The Morgan fingerprint density at radius 3 is 1.93 bits per heavy atom. The number of carbonyl (C=O) groups is 4. The molecular formula is C20H20N2O6. The van der Waals surface area contributed by atoms with Crippen molar-refractivity contribution in [3.05, 3.63) is 54.1 Å². The molecule has 0 saturated heterocycles. The first-order chi connectivity index (χ1) is 13.3. The first kappa shape index (κ1) is 20.6. The highest BCUT2D eigenvalue weighted by molar-refractivity contribution is 5.98. The summed E-state index contributed by atoms with van der Waals surface area (Å²) in [6, 6.07) is 12.8. The fraction of sp³-hybridized carbons (Fsp3) is 0.200. The third-order valence-corrected chi connectivity index (χ3v) is 3.69. The van der Waals surface area contributed by atoms with Crippen LogP contribution >= 0.6 is 0 Å². The van der Waals surface area contributed by atoms with E-state index in [2.05, 4.69) is 5.32 Å². The minimum Gasteiger partial charge on any atom is -0.449 e. The van der Waals surface area contributed by atoms with Gasteiger partial charge in [0.1, 0.15) is 5.75 Å². The molecule has 0 aliphatic heterocycles. The Bertz CT molecular complexity index is 875. The SMILES string of the molecule is CNC(=O)NC(=O)[C@@H](C)OC(=O)c1ccc(-c2ccc(OC(C)=O)cc2)cc1. The van der Waals surface area contributed by atoms with E-state index in [1.807, 2.05) is 5.32 Å². The Labute approximate surface area is 161 Å². The molecule has 8 nitrogen and oxygen atoms in total. The number of imide groups is 1. The second-order valence-electron chi connectivity index (χ2n) is 5.81. The van der Waals surface area contributed by atoms with Crippen molar-refractivity contribution < 1.29 is 28.7 Å². The van der Waals surface area contributed by atoms with Gasteiger partial charge in [-0.15, -0.1) is 0 Å². The molecule has 0 radical (unpaired) electrons. The highest BCUT2D eigenvalue weighted by Crippen LogP contribution is 2.23. The molecule has 0 bridgehead atoms. The average molecular weight is 384 g/mol. The van der Waals surface area contributed by atoms with E-state index in [1.54, 1.807) is 48.5 Å². The highest BCUT2D eigenvalue weighted by atomic mass is 16.5. The Balaban J connectivity index is 2.01. The van der Waals surface area contributed by atoms with Crippen molar-refractivity contribution in [3.63, 3.8) is 0 Å². The molecule has 2 aromatic carbocycles. The maximum absolute atomic E-state index is 12.2. The standard InChI is InChI=1S/C20H20N2O6/c1-12(18(24)22-20(26)21-3)27-19(25)16-6-4-14(5-7-16)15-8-10-17(11-9-15)28-13(2)23/h4-12H,1-3H3,(H2,21,22,24,26)/t12-/m1/s1. The molecule has 0 aliphatic rings. The summed E-state index contributed by atoms with van der Waals surface area (Å²) >= 11 is 0. The normalized spacial score (nSPS) is 11.1. The molecule has 0 saturated carbocycles. The van der Waals surface area contributed by atoms with Crippen molar-refractivity contribution >= 4 is 23.9 Å². The van der Waals surface area contributed by atoms with Crippen molar-refractivity contribution in [2.75, 3.05) is 7.05 Å². The highest BCUT2D eigenvalue weighted by Gasteiger charge is 2.20. The maximum atomic E-state index is 12.2. The van der Waals surface area contributed by atoms with Gasteiger partial charge in [0.05, 0.1) is 5.56 Å². The van der Waals surface area contributed by atoms with Crippen LogP contribution in [0.15, 0.2) is 48.5 Å². The van der Waals surface area contributed by atoms with Crippen LogP contribution in [-0.2, 0) is 14.3 Å². The smallest absolute Gasteiger partial charge is 0.338 e. The van der Waals surface area contributed by atoms with Gasteiger partial charge < -0.3 is 14.8 Å². The number of hydrogen-bond acceptors (Lipinski definition) is 6. The molecule has 0 spiro atoms. The summed E-state index contributed by atoms with van der Waals surface area (Å²) < 4.78 is 10.0. The van der Waals surface area contributed by atoms with Gasteiger partial charge in [0.2, 0.25) is 0 Å². The lowest BCUT2D eigenvalue weighted by Crippen LogP contribution is -2.43. The Kier molecular flexibility index (Phi) is 6.86. The van der Waals surface area contributed by atoms with E-state index >= 15 is 0 Å². The lowest BCUT2D eigenvalue weighted by molar-refractivity contribution is -0.132. The lowest BCUT2D eigenvalue weighted by atomic mass is 10.0. The summed E-state index contributed by atoms with van der Waals surface area (Å²) in [5, 5.41) is 4.27. The molecule has 8 heteroatoms. The second-order valence-corrected chi connectivity index (χ2v) is 5.81. The van der Waals surface area contributed by atoms with Crippen LogP contribution in [0.2, 0.25) is 0 Å². The Morgan fingerprint density at radius 2 is 1.43 bits per heavy atom. The van der Waals surface area contributed by atoms with Gasteiger partial charge in [-0.1, -0.05) is 24.3 Å². The number of nitrogens with one attached hydrogen (secondary N) is 2. The third-order valence-electron chi connectivity index (χ3n) is 3.69. The van der Waals surface area contributed by atoms with Crippen molar-refractivity contribution in [1.82, 2.24) is 10.6 Å². The van der Waals surface area contributed by atoms with Gasteiger partial charge >= 0.3 is 18.0 Å². The molecule has 28 heavy (non-hydrogen) atoms. The van der Waals surface area contributed by atoms with E-state index in [1.165, 1.54) is 20.9 Å². The summed E-state index contributed by atoms with van der Waals surface area (Å²) in [7, 11) is 1.37. The van der Waals surface area contributed by atoms with Crippen LogP contribution in [0.1, 0.15) is 24.2 Å². The number of hydrogen-bond donors (Lipinski definition) is 2. The predicted molar refractivity (Wildman–Crippen MR) is 101 cm³/mol. The number of benzene rings is 2. The molecule has 2 aromatic rings. The van der Waals surface area contributed by atoms with E-state index < -0.39 is 30.0 Å². The molecule has 0 fully saturated rings. The number of ether oxygens (including phenoxy) is 2. The summed E-state index contributed by atoms with van der Waals surface area (Å²) in [5.74, 6) is -1.36. The largest absolute Gasteiger partial charge is 0.449 e. The summed E-state index contributed by atoms with van der Waals surface area (Å²) in [5.41, 5.74) is 1.98. The summed E-state index contributed by atoms with van der Waals surface area (Å²) in [6.45, 7) is 2.70. The van der Waals surface area contributed by atoms with Crippen LogP contribution in [0.3, 0.4) is 0 Å².